The van der Waals surface area contributed by atoms with Gasteiger partial charge >= 0.3 is 6.18 Å². The third-order valence-electron chi connectivity index (χ3n) is 3.17. The molecule has 21 heavy (non-hydrogen) atoms. The van der Waals surface area contributed by atoms with Crippen molar-refractivity contribution >= 4 is 0 Å². The van der Waals surface area contributed by atoms with Gasteiger partial charge in [-0.15, -0.1) is 0 Å². The van der Waals surface area contributed by atoms with Crippen molar-refractivity contribution < 1.29 is 17.9 Å². The number of benzene rings is 1. The summed E-state index contributed by atoms with van der Waals surface area (Å²) in [5.74, 6) is 0.559. The maximum atomic E-state index is 12.7. The molecular formula is C14H16F3N3O. The van der Waals surface area contributed by atoms with Gasteiger partial charge in [-0.1, -0.05) is 18.2 Å². The van der Waals surface area contributed by atoms with Crippen molar-refractivity contribution in [2.24, 2.45) is 5.73 Å². The first-order chi connectivity index (χ1) is 9.84. The molecule has 0 aliphatic rings. The highest BCUT2D eigenvalue weighted by Gasteiger charge is 2.33. The maximum Gasteiger partial charge on any atom is 0.419 e. The van der Waals surface area contributed by atoms with E-state index in [1.807, 2.05) is 0 Å². The van der Waals surface area contributed by atoms with Crippen LogP contribution in [0.4, 0.5) is 13.2 Å². The van der Waals surface area contributed by atoms with Gasteiger partial charge in [-0.2, -0.15) is 18.3 Å². The Morgan fingerprint density at radius 1 is 1.29 bits per heavy atom. The number of halogens is 3. The lowest BCUT2D eigenvalue weighted by Gasteiger charge is -2.23. The molecule has 0 spiro atoms. The molecule has 0 aliphatic heterocycles. The summed E-state index contributed by atoms with van der Waals surface area (Å²) in [4.78, 5) is 0. The average molecular weight is 299 g/mol. The van der Waals surface area contributed by atoms with Gasteiger partial charge in [-0.3, -0.25) is 4.68 Å². The third-order valence-corrected chi connectivity index (χ3v) is 3.17. The van der Waals surface area contributed by atoms with Crippen molar-refractivity contribution in [3.63, 3.8) is 0 Å². The first-order valence-electron chi connectivity index (χ1n) is 6.34. The fourth-order valence-corrected chi connectivity index (χ4v) is 2.21. The Morgan fingerprint density at radius 3 is 2.48 bits per heavy atom. The van der Waals surface area contributed by atoms with Crippen LogP contribution in [-0.4, -0.2) is 22.9 Å². The number of nitrogens with two attached hydrogens (primary N) is 1. The Balaban J connectivity index is 2.47. The Hall–Kier alpha value is -2.02. The lowest BCUT2D eigenvalue weighted by molar-refractivity contribution is -0.137. The third kappa shape index (κ3) is 3.18. The summed E-state index contributed by atoms with van der Waals surface area (Å²) >= 11 is 0. The first-order valence-corrected chi connectivity index (χ1v) is 6.34. The standard InChI is InChI=1S/C14H16F3N3O/c1-9(18)13(11-5-3-4-6-12(11)21-2)20-8-10(7-19-20)14(15,16)17/h3-9,13H,18H2,1-2H3. The summed E-state index contributed by atoms with van der Waals surface area (Å²) in [6.45, 7) is 1.71. The van der Waals surface area contributed by atoms with Crippen LogP contribution in [0.25, 0.3) is 0 Å². The van der Waals surface area contributed by atoms with Crippen molar-refractivity contribution in [1.29, 1.82) is 0 Å². The van der Waals surface area contributed by atoms with Gasteiger partial charge in [0.1, 0.15) is 5.75 Å². The van der Waals surface area contributed by atoms with Gasteiger partial charge in [-0.05, 0) is 13.0 Å². The molecule has 0 aliphatic carbocycles. The molecule has 1 aromatic carbocycles. The number of methoxy groups -OCH3 is 1. The van der Waals surface area contributed by atoms with Crippen LogP contribution in [0.15, 0.2) is 36.7 Å². The molecule has 0 bridgehead atoms. The average Bonchev–Trinajstić information content (AvgIpc) is 2.88. The van der Waals surface area contributed by atoms with Crippen LogP contribution < -0.4 is 10.5 Å². The van der Waals surface area contributed by atoms with Gasteiger partial charge in [0.05, 0.1) is 24.9 Å². The molecule has 2 rings (SSSR count). The second kappa shape index (κ2) is 5.77. The van der Waals surface area contributed by atoms with Crippen LogP contribution in [0.2, 0.25) is 0 Å². The number of para-hydroxylation sites is 1. The predicted molar refractivity (Wildman–Crippen MR) is 72.0 cm³/mol. The molecule has 0 fully saturated rings. The molecule has 0 saturated heterocycles. The van der Waals surface area contributed by atoms with E-state index in [0.29, 0.717) is 11.3 Å². The van der Waals surface area contributed by atoms with E-state index >= 15 is 0 Å². The largest absolute Gasteiger partial charge is 0.496 e. The van der Waals surface area contributed by atoms with Crippen molar-refractivity contribution in [2.75, 3.05) is 7.11 Å². The zero-order valence-corrected chi connectivity index (χ0v) is 11.6. The number of hydrogen-bond donors (Lipinski definition) is 1. The molecule has 2 aromatic rings. The van der Waals surface area contributed by atoms with Crippen LogP contribution in [0.3, 0.4) is 0 Å². The molecule has 2 atom stereocenters. The molecule has 114 valence electrons. The summed E-state index contributed by atoms with van der Waals surface area (Å²) in [7, 11) is 1.50. The monoisotopic (exact) mass is 299 g/mol. The van der Waals surface area contributed by atoms with Crippen molar-refractivity contribution in [3.8, 4) is 5.75 Å². The van der Waals surface area contributed by atoms with Gasteiger partial charge in [0.25, 0.3) is 0 Å². The number of aromatic nitrogens is 2. The van der Waals surface area contributed by atoms with Crippen molar-refractivity contribution in [3.05, 3.63) is 47.8 Å². The molecule has 1 aromatic heterocycles. The van der Waals surface area contributed by atoms with Gasteiger partial charge in [0.15, 0.2) is 0 Å². The number of nitrogens with zero attached hydrogens (tertiary/aromatic N) is 2. The second-order valence-electron chi connectivity index (χ2n) is 4.75. The van der Waals surface area contributed by atoms with E-state index in [4.69, 9.17) is 10.5 Å². The smallest absolute Gasteiger partial charge is 0.419 e. The molecular weight excluding hydrogens is 283 g/mol. The van der Waals surface area contributed by atoms with E-state index in [1.165, 1.54) is 11.8 Å². The molecule has 2 unspecified atom stereocenters. The normalized spacial score (nSPS) is 14.8. The van der Waals surface area contributed by atoms with E-state index in [2.05, 4.69) is 5.10 Å². The summed E-state index contributed by atoms with van der Waals surface area (Å²) in [6, 6.07) is 6.08. The highest BCUT2D eigenvalue weighted by Crippen LogP contribution is 2.33. The highest BCUT2D eigenvalue weighted by molar-refractivity contribution is 5.37. The molecule has 1 heterocycles. The minimum Gasteiger partial charge on any atom is -0.496 e. The number of alkyl halides is 3. The van der Waals surface area contributed by atoms with Gasteiger partial charge < -0.3 is 10.5 Å². The fraction of sp³-hybridized carbons (Fsp3) is 0.357. The lowest BCUT2D eigenvalue weighted by Crippen LogP contribution is -2.31. The topological polar surface area (TPSA) is 53.1 Å². The highest BCUT2D eigenvalue weighted by atomic mass is 19.4. The van der Waals surface area contributed by atoms with E-state index in [1.54, 1.807) is 31.2 Å². The Bertz CT molecular complexity index is 608. The van der Waals surface area contributed by atoms with E-state index < -0.39 is 23.8 Å². The molecule has 0 radical (unpaired) electrons. The van der Waals surface area contributed by atoms with Crippen molar-refractivity contribution in [1.82, 2.24) is 9.78 Å². The minimum atomic E-state index is -4.43. The van der Waals surface area contributed by atoms with E-state index in [9.17, 15) is 13.2 Å². The summed E-state index contributed by atoms with van der Waals surface area (Å²) in [5, 5.41) is 3.82. The van der Waals surface area contributed by atoms with E-state index in [-0.39, 0.29) is 0 Å². The maximum absolute atomic E-state index is 12.7. The summed E-state index contributed by atoms with van der Waals surface area (Å²) in [6.07, 6.45) is -2.67. The van der Waals surface area contributed by atoms with Crippen LogP contribution in [0, 0.1) is 0 Å². The summed E-state index contributed by atoms with van der Waals surface area (Å²) < 4.78 is 44.6. The number of rotatable bonds is 4. The predicted octanol–water partition coefficient (Wildman–Crippen LogP) is 2.85. The molecule has 0 amide bonds. The molecule has 7 heteroatoms. The zero-order chi connectivity index (χ0) is 15.6. The quantitative estimate of drug-likeness (QED) is 0.944. The van der Waals surface area contributed by atoms with Crippen molar-refractivity contribution in [2.45, 2.75) is 25.2 Å². The van der Waals surface area contributed by atoms with E-state index in [0.717, 1.165) is 12.4 Å². The molecule has 0 saturated carbocycles. The minimum absolute atomic E-state index is 0.442. The summed E-state index contributed by atoms with van der Waals surface area (Å²) in [5.41, 5.74) is 5.83. The van der Waals surface area contributed by atoms with Gasteiger partial charge in [0, 0.05) is 17.8 Å². The SMILES string of the molecule is COc1ccccc1C(C(C)N)n1cc(C(F)(F)F)cn1. The Kier molecular flexibility index (Phi) is 4.22. The van der Waals surface area contributed by atoms with Gasteiger partial charge in [0.2, 0.25) is 0 Å². The second-order valence-corrected chi connectivity index (χ2v) is 4.75. The number of hydrogen-bond acceptors (Lipinski definition) is 3. The van der Waals surface area contributed by atoms with Gasteiger partial charge in [-0.25, -0.2) is 0 Å². The van der Waals surface area contributed by atoms with Crippen LogP contribution in [0.1, 0.15) is 24.1 Å². The molecule has 4 nitrogen and oxygen atoms in total. The number of ether oxygens (including phenoxy) is 1. The first kappa shape index (κ1) is 15.4. The lowest BCUT2D eigenvalue weighted by atomic mass is 10.00. The van der Waals surface area contributed by atoms with Crippen LogP contribution in [-0.2, 0) is 6.18 Å². The van der Waals surface area contributed by atoms with Crippen LogP contribution in [0.5, 0.6) is 5.75 Å². The Labute approximate surface area is 120 Å². The zero-order valence-electron chi connectivity index (χ0n) is 11.6. The van der Waals surface area contributed by atoms with Crippen LogP contribution >= 0.6 is 0 Å². The Morgan fingerprint density at radius 2 is 1.95 bits per heavy atom. The fourth-order valence-electron chi connectivity index (χ4n) is 2.21. The molecule has 2 N–H and O–H groups in total.